The van der Waals surface area contributed by atoms with Crippen LogP contribution in [0.25, 0.3) is 0 Å². The summed E-state index contributed by atoms with van der Waals surface area (Å²) in [5.74, 6) is 0.0616. The first-order chi connectivity index (χ1) is 12.0. The molecule has 130 valence electrons. The van der Waals surface area contributed by atoms with E-state index in [1.165, 1.54) is 5.56 Å². The van der Waals surface area contributed by atoms with E-state index in [4.69, 9.17) is 40.2 Å². The second kappa shape index (κ2) is 7.60. The van der Waals surface area contributed by atoms with Crippen LogP contribution in [-0.4, -0.2) is 23.7 Å². The van der Waals surface area contributed by atoms with Crippen molar-refractivity contribution in [3.8, 4) is 5.75 Å². The number of hydrogen-bond donors (Lipinski definition) is 1. The summed E-state index contributed by atoms with van der Waals surface area (Å²) in [5, 5.41) is 3.96. The number of nitrogens with zero attached hydrogens (tertiary/aromatic N) is 1. The monoisotopic (exact) mass is 394 g/mol. The quantitative estimate of drug-likeness (QED) is 0.791. The van der Waals surface area contributed by atoms with Crippen LogP contribution in [0.2, 0.25) is 10.0 Å². The summed E-state index contributed by atoms with van der Waals surface area (Å²) < 4.78 is 5.61. The number of fused-ring (bicyclic) bond motifs is 1. The van der Waals surface area contributed by atoms with E-state index in [0.29, 0.717) is 20.9 Å². The van der Waals surface area contributed by atoms with Crippen molar-refractivity contribution in [2.24, 2.45) is 0 Å². The standard InChI is InChI=1S/C18H16Cl2N2O2S/c1-11(24-16-7-6-13(19)10-14(16)20)17(23)21-18(25)22-9-8-12-4-2-3-5-15(12)22/h2-7,10-11H,8-9H2,1H3,(H,21,23,25)/t11-/m0/s1. The van der Waals surface area contributed by atoms with Gasteiger partial charge < -0.3 is 9.64 Å². The minimum atomic E-state index is -0.755. The van der Waals surface area contributed by atoms with Crippen LogP contribution >= 0.6 is 35.4 Å². The molecule has 1 N–H and O–H groups in total. The SMILES string of the molecule is C[C@H](Oc1ccc(Cl)cc1Cl)C(=O)NC(=S)N1CCc2ccccc21. The van der Waals surface area contributed by atoms with Gasteiger partial charge >= 0.3 is 0 Å². The molecule has 0 spiro atoms. The second-order valence-corrected chi connectivity index (χ2v) is 6.89. The van der Waals surface area contributed by atoms with E-state index in [1.54, 1.807) is 25.1 Å². The van der Waals surface area contributed by atoms with E-state index < -0.39 is 6.10 Å². The molecule has 0 unspecified atom stereocenters. The number of halogens is 2. The van der Waals surface area contributed by atoms with Gasteiger partial charge in [0.25, 0.3) is 5.91 Å². The predicted molar refractivity (Wildman–Crippen MR) is 105 cm³/mol. The van der Waals surface area contributed by atoms with Crippen LogP contribution in [0.1, 0.15) is 12.5 Å². The van der Waals surface area contributed by atoms with E-state index in [9.17, 15) is 4.79 Å². The number of ether oxygens (including phenoxy) is 1. The van der Waals surface area contributed by atoms with Crippen LogP contribution in [0.15, 0.2) is 42.5 Å². The highest BCUT2D eigenvalue weighted by molar-refractivity contribution is 7.80. The zero-order chi connectivity index (χ0) is 18.0. The van der Waals surface area contributed by atoms with Crippen molar-refractivity contribution >= 4 is 52.1 Å². The van der Waals surface area contributed by atoms with Gasteiger partial charge in [-0.15, -0.1) is 0 Å². The Labute approximate surface area is 161 Å². The Morgan fingerprint density at radius 2 is 2.04 bits per heavy atom. The zero-order valence-corrected chi connectivity index (χ0v) is 15.8. The number of thiocarbonyl (C=S) groups is 1. The highest BCUT2D eigenvalue weighted by Gasteiger charge is 2.25. The van der Waals surface area contributed by atoms with Crippen molar-refractivity contribution in [1.82, 2.24) is 5.32 Å². The molecule has 0 bridgehead atoms. The van der Waals surface area contributed by atoms with Crippen LogP contribution in [0.3, 0.4) is 0 Å². The maximum Gasteiger partial charge on any atom is 0.266 e. The van der Waals surface area contributed by atoms with Gasteiger partial charge in [-0.3, -0.25) is 10.1 Å². The molecule has 0 radical (unpaired) electrons. The Balaban J connectivity index is 1.63. The molecule has 2 aromatic carbocycles. The molecule has 25 heavy (non-hydrogen) atoms. The van der Waals surface area contributed by atoms with E-state index in [-0.39, 0.29) is 5.91 Å². The molecule has 1 aliphatic heterocycles. The molecule has 1 amide bonds. The number of amides is 1. The van der Waals surface area contributed by atoms with E-state index in [2.05, 4.69) is 11.4 Å². The van der Waals surface area contributed by atoms with Gasteiger partial charge in [0.1, 0.15) is 5.75 Å². The fourth-order valence-electron chi connectivity index (χ4n) is 2.64. The van der Waals surface area contributed by atoms with Crippen molar-refractivity contribution in [3.63, 3.8) is 0 Å². The Hall–Kier alpha value is -1.82. The molecule has 4 nitrogen and oxygen atoms in total. The lowest BCUT2D eigenvalue weighted by molar-refractivity contribution is -0.125. The van der Waals surface area contributed by atoms with Crippen molar-refractivity contribution in [2.45, 2.75) is 19.4 Å². The predicted octanol–water partition coefficient (Wildman–Crippen LogP) is 4.22. The number of carbonyl (C=O) groups is 1. The molecule has 0 aromatic heterocycles. The molecule has 0 aliphatic carbocycles. The lowest BCUT2D eigenvalue weighted by Gasteiger charge is -2.22. The smallest absolute Gasteiger partial charge is 0.266 e. The highest BCUT2D eigenvalue weighted by atomic mass is 35.5. The summed E-state index contributed by atoms with van der Waals surface area (Å²) in [6, 6.07) is 12.9. The van der Waals surface area contributed by atoms with E-state index in [0.717, 1.165) is 18.7 Å². The number of anilines is 1. The molecule has 1 atom stereocenters. The highest BCUT2D eigenvalue weighted by Crippen LogP contribution is 2.29. The Kier molecular flexibility index (Phi) is 5.47. The summed E-state index contributed by atoms with van der Waals surface area (Å²) in [6.07, 6.45) is 0.146. The Bertz CT molecular complexity index is 828. The minimum absolute atomic E-state index is 0.333. The molecular formula is C18H16Cl2N2O2S. The second-order valence-electron chi connectivity index (χ2n) is 5.66. The number of carbonyl (C=O) groups excluding carboxylic acids is 1. The number of hydrogen-bond acceptors (Lipinski definition) is 3. The third-order valence-electron chi connectivity index (χ3n) is 3.93. The van der Waals surface area contributed by atoms with Gasteiger partial charge in [-0.2, -0.15) is 0 Å². The number of nitrogens with one attached hydrogen (secondary N) is 1. The third-order valence-corrected chi connectivity index (χ3v) is 4.78. The first kappa shape index (κ1) is 18.0. The molecule has 1 heterocycles. The normalized spacial score (nSPS) is 14.0. The topological polar surface area (TPSA) is 41.6 Å². The Morgan fingerprint density at radius 3 is 2.80 bits per heavy atom. The number of rotatable bonds is 3. The molecule has 7 heteroatoms. The fraction of sp³-hybridized carbons (Fsp3) is 0.222. The van der Waals surface area contributed by atoms with Gasteiger partial charge in [-0.1, -0.05) is 41.4 Å². The van der Waals surface area contributed by atoms with Crippen LogP contribution in [0.4, 0.5) is 5.69 Å². The maximum atomic E-state index is 12.4. The first-order valence-electron chi connectivity index (χ1n) is 7.77. The van der Waals surface area contributed by atoms with E-state index in [1.807, 2.05) is 23.1 Å². The van der Waals surface area contributed by atoms with Crippen LogP contribution < -0.4 is 15.0 Å². The van der Waals surface area contributed by atoms with Crippen molar-refractivity contribution in [1.29, 1.82) is 0 Å². The largest absolute Gasteiger partial charge is 0.479 e. The van der Waals surface area contributed by atoms with E-state index >= 15 is 0 Å². The van der Waals surface area contributed by atoms with Gasteiger partial charge in [0, 0.05) is 17.3 Å². The first-order valence-corrected chi connectivity index (χ1v) is 8.94. The molecule has 2 aromatic rings. The summed E-state index contributed by atoms with van der Waals surface area (Å²) in [7, 11) is 0. The molecule has 0 fully saturated rings. The summed E-state index contributed by atoms with van der Waals surface area (Å²) in [6.45, 7) is 2.39. The number of benzene rings is 2. The van der Waals surface area contributed by atoms with Crippen molar-refractivity contribution in [3.05, 3.63) is 58.1 Å². The van der Waals surface area contributed by atoms with Crippen molar-refractivity contribution < 1.29 is 9.53 Å². The summed E-state index contributed by atoms with van der Waals surface area (Å²) in [5.41, 5.74) is 2.25. The molecule has 1 aliphatic rings. The van der Waals surface area contributed by atoms with Crippen LogP contribution in [-0.2, 0) is 11.2 Å². The molecule has 0 saturated heterocycles. The van der Waals surface area contributed by atoms with Gasteiger partial charge in [0.15, 0.2) is 11.2 Å². The van der Waals surface area contributed by atoms with Gasteiger partial charge in [-0.05, 0) is 55.4 Å². The minimum Gasteiger partial charge on any atom is -0.479 e. The maximum absolute atomic E-state index is 12.4. The van der Waals surface area contributed by atoms with Gasteiger partial charge in [0.2, 0.25) is 0 Å². The van der Waals surface area contributed by atoms with Gasteiger partial charge in [0.05, 0.1) is 5.02 Å². The van der Waals surface area contributed by atoms with Crippen molar-refractivity contribution in [2.75, 3.05) is 11.4 Å². The number of para-hydroxylation sites is 1. The average Bonchev–Trinajstić information content (AvgIpc) is 3.01. The molecule has 0 saturated carbocycles. The molecular weight excluding hydrogens is 379 g/mol. The summed E-state index contributed by atoms with van der Waals surface area (Å²) >= 11 is 17.3. The van der Waals surface area contributed by atoms with Crippen LogP contribution in [0.5, 0.6) is 5.75 Å². The third kappa shape index (κ3) is 4.06. The fourth-order valence-corrected chi connectivity index (χ4v) is 3.38. The Morgan fingerprint density at radius 1 is 1.28 bits per heavy atom. The average molecular weight is 395 g/mol. The lowest BCUT2D eigenvalue weighted by atomic mass is 10.2. The van der Waals surface area contributed by atoms with Gasteiger partial charge in [-0.25, -0.2) is 0 Å². The van der Waals surface area contributed by atoms with Crippen LogP contribution in [0, 0.1) is 0 Å². The molecule has 3 rings (SSSR count). The lowest BCUT2D eigenvalue weighted by Crippen LogP contribution is -2.46. The summed E-state index contributed by atoms with van der Waals surface area (Å²) in [4.78, 5) is 14.3. The zero-order valence-electron chi connectivity index (χ0n) is 13.5.